The van der Waals surface area contributed by atoms with E-state index < -0.39 is 0 Å². The molecule has 18 heavy (non-hydrogen) atoms. The van der Waals surface area contributed by atoms with E-state index in [0.717, 1.165) is 6.54 Å². The number of rotatable bonds is 6. The van der Waals surface area contributed by atoms with Gasteiger partial charge >= 0.3 is 0 Å². The minimum absolute atomic E-state index is 0.385. The van der Waals surface area contributed by atoms with E-state index in [-0.39, 0.29) is 0 Å². The SMILES string of the molecule is CCCNC(CC(C)C(C)(C)C)c1ccsc1C. The van der Waals surface area contributed by atoms with Gasteiger partial charge in [-0.15, -0.1) is 11.3 Å². The molecule has 0 aliphatic heterocycles. The minimum Gasteiger partial charge on any atom is -0.310 e. The topological polar surface area (TPSA) is 12.0 Å². The molecule has 2 unspecified atom stereocenters. The van der Waals surface area contributed by atoms with E-state index in [4.69, 9.17) is 0 Å². The highest BCUT2D eigenvalue weighted by molar-refractivity contribution is 7.10. The molecule has 2 atom stereocenters. The second-order valence-corrected chi connectivity index (χ2v) is 7.56. The fraction of sp³-hybridized carbons (Fsp3) is 0.750. The molecule has 0 amide bonds. The van der Waals surface area contributed by atoms with Crippen molar-refractivity contribution in [2.75, 3.05) is 6.54 Å². The largest absolute Gasteiger partial charge is 0.310 e. The first-order valence-corrected chi connectivity index (χ1v) is 8.01. The molecule has 1 rings (SSSR count). The fourth-order valence-corrected chi connectivity index (χ4v) is 2.87. The third-order valence-corrected chi connectivity index (χ3v) is 4.84. The number of nitrogens with one attached hydrogen (secondary N) is 1. The molecule has 0 aliphatic rings. The zero-order valence-electron chi connectivity index (χ0n) is 12.8. The summed E-state index contributed by atoms with van der Waals surface area (Å²) >= 11 is 1.86. The zero-order valence-corrected chi connectivity index (χ0v) is 13.7. The molecule has 1 aromatic rings. The Morgan fingerprint density at radius 1 is 1.33 bits per heavy atom. The van der Waals surface area contributed by atoms with Crippen LogP contribution in [0.2, 0.25) is 0 Å². The van der Waals surface area contributed by atoms with Gasteiger partial charge in [-0.1, -0.05) is 34.6 Å². The van der Waals surface area contributed by atoms with Gasteiger partial charge in [-0.2, -0.15) is 0 Å². The maximum absolute atomic E-state index is 3.72. The van der Waals surface area contributed by atoms with Crippen LogP contribution in [0.15, 0.2) is 11.4 Å². The van der Waals surface area contributed by atoms with Crippen LogP contribution in [-0.2, 0) is 0 Å². The summed E-state index contributed by atoms with van der Waals surface area (Å²) in [5, 5.41) is 5.94. The Hall–Kier alpha value is -0.340. The average Bonchev–Trinajstić information content (AvgIpc) is 2.69. The summed E-state index contributed by atoms with van der Waals surface area (Å²) < 4.78 is 0. The van der Waals surface area contributed by atoms with Gasteiger partial charge in [0.1, 0.15) is 0 Å². The van der Waals surface area contributed by atoms with Crippen LogP contribution >= 0.6 is 11.3 Å². The first-order chi connectivity index (χ1) is 8.36. The lowest BCUT2D eigenvalue weighted by atomic mass is 9.77. The highest BCUT2D eigenvalue weighted by Gasteiger charge is 2.25. The Kier molecular flexibility index (Phi) is 5.87. The zero-order chi connectivity index (χ0) is 13.8. The second-order valence-electron chi connectivity index (χ2n) is 6.44. The molecule has 0 spiro atoms. The number of hydrogen-bond donors (Lipinski definition) is 1. The normalized spacial score (nSPS) is 15.7. The first-order valence-electron chi connectivity index (χ1n) is 7.13. The molecule has 104 valence electrons. The van der Waals surface area contributed by atoms with E-state index in [1.54, 1.807) is 0 Å². The lowest BCUT2D eigenvalue weighted by molar-refractivity contribution is 0.223. The first kappa shape index (κ1) is 15.7. The second kappa shape index (κ2) is 6.72. The van der Waals surface area contributed by atoms with Crippen LogP contribution in [0, 0.1) is 18.3 Å². The summed E-state index contributed by atoms with van der Waals surface area (Å²) in [6, 6.07) is 2.81. The Bertz CT molecular complexity index is 348. The third-order valence-electron chi connectivity index (χ3n) is 3.98. The van der Waals surface area contributed by atoms with E-state index in [1.807, 2.05) is 11.3 Å². The van der Waals surface area contributed by atoms with Gasteiger partial charge in [-0.25, -0.2) is 0 Å². The maximum atomic E-state index is 3.72. The predicted molar refractivity (Wildman–Crippen MR) is 83.3 cm³/mol. The maximum Gasteiger partial charge on any atom is 0.0333 e. The van der Waals surface area contributed by atoms with E-state index in [2.05, 4.69) is 58.3 Å². The fourth-order valence-electron chi connectivity index (χ4n) is 2.10. The van der Waals surface area contributed by atoms with Crippen molar-refractivity contribution in [1.82, 2.24) is 5.32 Å². The van der Waals surface area contributed by atoms with Gasteiger partial charge in [-0.05, 0) is 54.7 Å². The van der Waals surface area contributed by atoms with Crippen LogP contribution in [0.1, 0.15) is 63.9 Å². The molecular weight excluding hydrogens is 238 g/mol. The van der Waals surface area contributed by atoms with Crippen LogP contribution in [0.25, 0.3) is 0 Å². The Morgan fingerprint density at radius 2 is 2.00 bits per heavy atom. The molecule has 1 aromatic heterocycles. The molecule has 1 N–H and O–H groups in total. The summed E-state index contributed by atoms with van der Waals surface area (Å²) in [5.41, 5.74) is 1.89. The number of hydrogen-bond acceptors (Lipinski definition) is 2. The van der Waals surface area contributed by atoms with E-state index in [9.17, 15) is 0 Å². The van der Waals surface area contributed by atoms with Crippen molar-refractivity contribution in [3.05, 3.63) is 21.9 Å². The molecule has 1 heterocycles. The molecule has 0 aliphatic carbocycles. The molecule has 1 nitrogen and oxygen atoms in total. The van der Waals surface area contributed by atoms with E-state index >= 15 is 0 Å². The standard InChI is InChI=1S/C16H29NS/c1-7-9-17-15(11-12(2)16(4,5)6)14-8-10-18-13(14)3/h8,10,12,15,17H,7,9,11H2,1-6H3. The van der Waals surface area contributed by atoms with Crippen molar-refractivity contribution in [3.8, 4) is 0 Å². The van der Waals surface area contributed by atoms with Gasteiger partial charge in [0.25, 0.3) is 0 Å². The quantitative estimate of drug-likeness (QED) is 0.750. The van der Waals surface area contributed by atoms with Gasteiger partial charge in [0, 0.05) is 10.9 Å². The monoisotopic (exact) mass is 267 g/mol. The Morgan fingerprint density at radius 3 is 2.44 bits per heavy atom. The van der Waals surface area contributed by atoms with Gasteiger partial charge in [0.15, 0.2) is 0 Å². The number of thiophene rings is 1. The van der Waals surface area contributed by atoms with Gasteiger partial charge in [0.2, 0.25) is 0 Å². The van der Waals surface area contributed by atoms with Crippen molar-refractivity contribution in [2.24, 2.45) is 11.3 Å². The van der Waals surface area contributed by atoms with Crippen molar-refractivity contribution in [1.29, 1.82) is 0 Å². The lowest BCUT2D eigenvalue weighted by Gasteiger charge is -2.31. The summed E-state index contributed by atoms with van der Waals surface area (Å²) in [5.74, 6) is 0.714. The third kappa shape index (κ3) is 4.40. The molecule has 0 saturated heterocycles. The summed E-state index contributed by atoms with van der Waals surface area (Å²) in [7, 11) is 0. The van der Waals surface area contributed by atoms with E-state index in [1.165, 1.54) is 23.3 Å². The number of aryl methyl sites for hydroxylation is 1. The van der Waals surface area contributed by atoms with Gasteiger partial charge in [0.05, 0.1) is 0 Å². The predicted octanol–water partition coefficient (Wildman–Crippen LogP) is 5.17. The van der Waals surface area contributed by atoms with Crippen molar-refractivity contribution < 1.29 is 0 Å². The molecule has 0 saturated carbocycles. The van der Waals surface area contributed by atoms with E-state index in [0.29, 0.717) is 17.4 Å². The summed E-state index contributed by atoms with van der Waals surface area (Å²) in [4.78, 5) is 1.46. The average molecular weight is 267 g/mol. The van der Waals surface area contributed by atoms with Crippen molar-refractivity contribution in [3.63, 3.8) is 0 Å². The van der Waals surface area contributed by atoms with Gasteiger partial charge in [-0.3, -0.25) is 0 Å². The molecule has 0 aromatic carbocycles. The molecule has 0 radical (unpaired) electrons. The molecule has 2 heteroatoms. The van der Waals surface area contributed by atoms with Crippen LogP contribution in [0.4, 0.5) is 0 Å². The Labute approximate surface area is 117 Å². The minimum atomic E-state index is 0.385. The summed E-state index contributed by atoms with van der Waals surface area (Å²) in [6.45, 7) is 15.0. The molecular formula is C16H29NS. The smallest absolute Gasteiger partial charge is 0.0333 e. The van der Waals surface area contributed by atoms with Crippen LogP contribution in [0.5, 0.6) is 0 Å². The van der Waals surface area contributed by atoms with Gasteiger partial charge < -0.3 is 5.32 Å². The highest BCUT2D eigenvalue weighted by atomic mass is 32.1. The summed E-state index contributed by atoms with van der Waals surface area (Å²) in [6.07, 6.45) is 2.42. The molecule has 0 bridgehead atoms. The van der Waals surface area contributed by atoms with Crippen molar-refractivity contribution in [2.45, 2.75) is 60.4 Å². The van der Waals surface area contributed by atoms with Crippen LogP contribution in [0.3, 0.4) is 0 Å². The highest BCUT2D eigenvalue weighted by Crippen LogP contribution is 2.35. The van der Waals surface area contributed by atoms with Crippen molar-refractivity contribution >= 4 is 11.3 Å². The Balaban J connectivity index is 2.77. The van der Waals surface area contributed by atoms with Crippen LogP contribution in [-0.4, -0.2) is 6.54 Å². The molecule has 0 fully saturated rings. The van der Waals surface area contributed by atoms with Crippen LogP contribution < -0.4 is 5.32 Å². The lowest BCUT2D eigenvalue weighted by Crippen LogP contribution is -2.28.